The van der Waals surface area contributed by atoms with Gasteiger partial charge < -0.3 is 26.2 Å². The molecule has 25 heavy (non-hydrogen) atoms. The van der Waals surface area contributed by atoms with Crippen molar-refractivity contribution >= 4 is 29.5 Å². The van der Waals surface area contributed by atoms with Gasteiger partial charge in [-0.2, -0.15) is 0 Å². The first kappa shape index (κ1) is 13.0. The topological polar surface area (TPSA) is 133 Å². The van der Waals surface area contributed by atoms with Gasteiger partial charge in [0.25, 0.3) is 0 Å². The molecule has 2 saturated heterocycles. The Bertz CT molecular complexity index is 915. The van der Waals surface area contributed by atoms with Crippen LogP contribution in [0.2, 0.25) is 0 Å². The second kappa shape index (κ2) is 5.92. The van der Waals surface area contributed by atoms with E-state index in [1.807, 2.05) is 0 Å². The zero-order valence-electron chi connectivity index (χ0n) is 17.4. The number of carbonyl (C=O) groups excluding carboxylic acids is 2. The quantitative estimate of drug-likeness (QED) is 0.550. The molecule has 1 unspecified atom stereocenters. The van der Waals surface area contributed by atoms with E-state index < -0.39 is 81.5 Å². The summed E-state index contributed by atoms with van der Waals surface area (Å²) in [5, 5.41) is 20.8. The van der Waals surface area contributed by atoms with Gasteiger partial charge in [-0.1, -0.05) is 12.1 Å². The molecule has 2 amide bonds. The van der Waals surface area contributed by atoms with Gasteiger partial charge in [-0.05, 0) is 31.5 Å². The van der Waals surface area contributed by atoms with E-state index in [-0.39, 0.29) is 0 Å². The molecule has 8 nitrogen and oxygen atoms in total. The second-order valence-corrected chi connectivity index (χ2v) is 8.10. The lowest BCUT2D eigenvalue weighted by molar-refractivity contribution is -0.161. The summed E-state index contributed by atoms with van der Waals surface area (Å²) in [5.74, 6) is -3.49. The van der Waals surface area contributed by atoms with Gasteiger partial charge in [-0.15, -0.1) is 11.8 Å². The van der Waals surface area contributed by atoms with Crippen molar-refractivity contribution in [2.45, 2.75) is 42.1 Å². The molecule has 0 bridgehead atoms. The second-order valence-electron chi connectivity index (χ2n) is 6.32. The monoisotopic (exact) mass is 369 g/mol. The number of hydrogen-bond donors (Lipinski definition) is 4. The number of thioether (sulfide) groups is 1. The third-order valence-corrected chi connectivity index (χ3v) is 5.77. The van der Waals surface area contributed by atoms with Crippen molar-refractivity contribution in [2.24, 2.45) is 5.73 Å². The van der Waals surface area contributed by atoms with Crippen LogP contribution in [0.25, 0.3) is 0 Å². The van der Waals surface area contributed by atoms with E-state index in [1.165, 1.54) is 16.7 Å². The predicted octanol–water partition coefficient (Wildman–Crippen LogP) is 0.0237. The summed E-state index contributed by atoms with van der Waals surface area (Å²) in [6.45, 7) is 3.38. The van der Waals surface area contributed by atoms with Crippen LogP contribution >= 0.6 is 11.8 Å². The molecule has 9 heteroatoms. The van der Waals surface area contributed by atoms with E-state index >= 15 is 0 Å². The molecule has 134 valence electrons. The molecular weight excluding hydrogens is 346 g/mol. The number of rotatable bonds is 4. The van der Waals surface area contributed by atoms with Gasteiger partial charge in [0, 0.05) is 4.75 Å². The number of β-lactam (4-membered cyclic amide) rings is 1. The maximum atomic E-state index is 12.6. The predicted molar refractivity (Wildman–Crippen MR) is 90.7 cm³/mol. The highest BCUT2D eigenvalue weighted by molar-refractivity contribution is 8.01. The maximum absolute atomic E-state index is 12.6. The molecule has 2 aliphatic rings. The third-order valence-electron chi connectivity index (χ3n) is 4.20. The number of benzene rings is 1. The Hall–Kier alpha value is -2.26. The van der Waals surface area contributed by atoms with Crippen LogP contribution in [-0.2, 0) is 14.4 Å². The minimum atomic E-state index is -1.62. The lowest BCUT2D eigenvalue weighted by atomic mass is 9.95. The molecule has 0 spiro atoms. The smallest absolute Gasteiger partial charge is 0.327 e. The molecule has 2 fully saturated rings. The molecule has 4 atom stereocenters. The van der Waals surface area contributed by atoms with E-state index in [0.717, 1.165) is 0 Å². The zero-order valence-corrected chi connectivity index (χ0v) is 14.2. The minimum Gasteiger partial charge on any atom is -0.508 e. The number of carbonyl (C=O) groups is 3. The maximum Gasteiger partial charge on any atom is 0.327 e. The molecule has 5 N–H and O–H groups in total. The Morgan fingerprint density at radius 1 is 1.40 bits per heavy atom. The van der Waals surface area contributed by atoms with Crippen molar-refractivity contribution in [1.82, 2.24) is 10.2 Å². The molecule has 1 aromatic carbocycles. The van der Waals surface area contributed by atoms with Crippen LogP contribution in [0.5, 0.6) is 5.75 Å². The van der Waals surface area contributed by atoms with Crippen molar-refractivity contribution in [1.29, 1.82) is 0 Å². The Labute approximate surface area is 154 Å². The van der Waals surface area contributed by atoms with Gasteiger partial charge in [0.2, 0.25) is 11.8 Å². The van der Waals surface area contributed by atoms with Crippen LogP contribution in [0.1, 0.15) is 30.9 Å². The number of hydrogen-bond acceptors (Lipinski definition) is 6. The number of aliphatic carboxylic acids is 1. The summed E-state index contributed by atoms with van der Waals surface area (Å²) in [6, 6.07) is -6.46. The number of amides is 2. The van der Waals surface area contributed by atoms with Crippen molar-refractivity contribution in [2.75, 3.05) is 0 Å². The van der Waals surface area contributed by atoms with Crippen molar-refractivity contribution in [3.63, 3.8) is 0 Å². The van der Waals surface area contributed by atoms with E-state index in [0.29, 0.717) is 0 Å². The molecule has 2 heterocycles. The van der Waals surface area contributed by atoms with Crippen LogP contribution in [-0.4, -0.2) is 55.1 Å². The molecule has 0 aromatic heterocycles. The van der Waals surface area contributed by atoms with E-state index in [4.69, 9.17) is 11.2 Å². The van der Waals surface area contributed by atoms with Crippen LogP contribution in [0.3, 0.4) is 0 Å². The Morgan fingerprint density at radius 2 is 2.00 bits per heavy atom. The van der Waals surface area contributed by atoms with Crippen LogP contribution < -0.4 is 11.1 Å². The minimum absolute atomic E-state index is 0.415. The summed E-state index contributed by atoms with van der Waals surface area (Å²) in [4.78, 5) is 37.8. The van der Waals surface area contributed by atoms with Crippen molar-refractivity contribution in [3.05, 3.63) is 29.7 Å². The highest BCUT2D eigenvalue weighted by Crippen LogP contribution is 2.50. The number of aromatic hydroxyl groups is 1. The number of phenols is 1. The molecule has 3 rings (SSSR count). The number of nitrogens with zero attached hydrogens (tertiary/aromatic N) is 1. The lowest BCUT2D eigenvalue weighted by Crippen LogP contribution is -2.71. The molecule has 1 aromatic rings. The Balaban J connectivity index is 1.83. The van der Waals surface area contributed by atoms with Crippen LogP contribution in [0, 0.1) is 0 Å². The molecule has 0 saturated carbocycles. The van der Waals surface area contributed by atoms with Gasteiger partial charge in [0.05, 0.1) is 5.48 Å². The first-order valence-electron chi connectivity index (χ1n) is 9.39. The normalized spacial score (nSPS) is 30.3. The number of fused-ring (bicyclic) bond motifs is 1. The van der Waals surface area contributed by atoms with Gasteiger partial charge >= 0.3 is 5.97 Å². The molecule has 0 aliphatic carbocycles. The fourth-order valence-corrected chi connectivity index (χ4v) is 4.62. The summed E-state index contributed by atoms with van der Waals surface area (Å²) >= 11 is 1.23. The number of carboxylic acids is 1. The Morgan fingerprint density at radius 3 is 2.56 bits per heavy atom. The number of carboxylic acid groups (broad SMARTS) is 1. The largest absolute Gasteiger partial charge is 0.508 e. The van der Waals surface area contributed by atoms with Gasteiger partial charge in [-0.3, -0.25) is 9.59 Å². The summed E-state index contributed by atoms with van der Waals surface area (Å²) in [5.41, 5.74) is 5.43. The lowest BCUT2D eigenvalue weighted by Gasteiger charge is -2.43. The zero-order chi connectivity index (χ0) is 22.0. The van der Waals surface area contributed by atoms with Gasteiger partial charge in [0.15, 0.2) is 0 Å². The van der Waals surface area contributed by atoms with Crippen molar-refractivity contribution < 1.29 is 30.1 Å². The number of phenolic OH excluding ortho intramolecular Hbond substituents is 1. The highest BCUT2D eigenvalue weighted by Gasteiger charge is 2.64. The standard InChI is InChI=1S/C16H19N3O5S/c1-16(2)11(15(23)24)19-13(22)10(14(19)25-16)18-12(21)9(17)7-3-5-8(20)6-4-7/h3-6,9-11,14,20H,17H2,1-2H3,(H,18,21)(H,23,24)/t9?,10-,11+,14-/m1/s1/i3D,4D,5D,6D. The van der Waals surface area contributed by atoms with E-state index in [9.17, 15) is 24.6 Å². The van der Waals surface area contributed by atoms with E-state index in [1.54, 1.807) is 13.8 Å². The third kappa shape index (κ3) is 2.83. The van der Waals surface area contributed by atoms with Gasteiger partial charge in [0.1, 0.15) is 29.2 Å². The number of nitrogens with two attached hydrogens (primary N) is 1. The number of nitrogens with one attached hydrogen (secondary N) is 1. The first-order chi connectivity index (χ1) is 13.3. The summed E-state index contributed by atoms with van der Waals surface area (Å²) in [7, 11) is 0. The molecule has 2 aliphatic heterocycles. The average Bonchev–Trinajstić information content (AvgIpc) is 2.90. The fourth-order valence-electron chi connectivity index (χ4n) is 2.99. The molecule has 0 radical (unpaired) electrons. The average molecular weight is 369 g/mol. The molecular formula is C16H19N3O5S. The SMILES string of the molecule is [2H]c1c([2H])c(C(N)C(=O)N[C@@H]2C(=O)N3[C@@H]2SC(C)(C)[C@@H]3C(=O)O)c([2H])c([2H])c1O. The van der Waals surface area contributed by atoms with Crippen molar-refractivity contribution in [3.8, 4) is 5.75 Å². The van der Waals surface area contributed by atoms with Crippen LogP contribution in [0.15, 0.2) is 24.2 Å². The van der Waals surface area contributed by atoms with Crippen LogP contribution in [0.4, 0.5) is 0 Å². The van der Waals surface area contributed by atoms with E-state index in [2.05, 4.69) is 5.32 Å². The fraction of sp³-hybridized carbons (Fsp3) is 0.438. The Kier molecular flexibility index (Phi) is 3.08. The first-order valence-corrected chi connectivity index (χ1v) is 8.27. The van der Waals surface area contributed by atoms with Gasteiger partial charge in [-0.25, -0.2) is 4.79 Å². The summed E-state index contributed by atoms with van der Waals surface area (Å²) in [6.07, 6.45) is 0. The summed E-state index contributed by atoms with van der Waals surface area (Å²) < 4.78 is 30.2. The highest BCUT2D eigenvalue weighted by atomic mass is 32.2.